The molecule has 166 valence electrons. The van der Waals surface area contributed by atoms with Crippen molar-refractivity contribution in [3.8, 4) is 11.5 Å². The summed E-state index contributed by atoms with van der Waals surface area (Å²) in [5.41, 5.74) is 0.579. The van der Waals surface area contributed by atoms with Crippen molar-refractivity contribution in [2.45, 2.75) is 24.7 Å². The van der Waals surface area contributed by atoms with E-state index in [1.54, 1.807) is 18.2 Å². The summed E-state index contributed by atoms with van der Waals surface area (Å²) in [6.45, 7) is 0. The van der Waals surface area contributed by atoms with E-state index in [1.165, 1.54) is 52.7 Å². The lowest BCUT2D eigenvalue weighted by atomic mass is 9.97. The van der Waals surface area contributed by atoms with Crippen LogP contribution < -0.4 is 9.47 Å². The molecule has 8 nitrogen and oxygen atoms in total. The molecular formula is C22H23FO8. The molecule has 4 atom stereocenters. The van der Waals surface area contributed by atoms with Crippen LogP contribution in [-0.2, 0) is 18.9 Å². The maximum Gasteiger partial charge on any atom is 0.338 e. The van der Waals surface area contributed by atoms with Crippen LogP contribution >= 0.6 is 0 Å². The topological polar surface area (TPSA) is 89.5 Å². The van der Waals surface area contributed by atoms with Crippen LogP contribution in [-0.4, -0.2) is 58.9 Å². The number of carbonyl (C=O) groups excluding carboxylic acids is 2. The number of alkyl halides is 1. The van der Waals surface area contributed by atoms with Crippen LogP contribution in [0.1, 0.15) is 32.4 Å². The van der Waals surface area contributed by atoms with Gasteiger partial charge in [0, 0.05) is 12.7 Å². The normalized spacial score (nSPS) is 22.6. The second-order valence-electron chi connectivity index (χ2n) is 6.65. The molecule has 2 aromatic rings. The minimum absolute atomic E-state index is 0.128. The highest BCUT2D eigenvalue weighted by atomic mass is 19.1. The first-order chi connectivity index (χ1) is 14.9. The molecular weight excluding hydrogens is 411 g/mol. The largest absolute Gasteiger partial charge is 0.497 e. The quantitative estimate of drug-likeness (QED) is 0.615. The zero-order valence-corrected chi connectivity index (χ0v) is 17.5. The molecule has 0 radical (unpaired) electrons. The molecule has 0 spiro atoms. The van der Waals surface area contributed by atoms with Gasteiger partial charge in [-0.25, -0.2) is 14.0 Å². The lowest BCUT2D eigenvalue weighted by Gasteiger charge is -2.22. The molecule has 9 heteroatoms. The van der Waals surface area contributed by atoms with Crippen molar-refractivity contribution in [3.63, 3.8) is 0 Å². The number of hydrogen-bond acceptors (Lipinski definition) is 8. The molecule has 1 unspecified atom stereocenters. The average Bonchev–Trinajstić information content (AvgIpc) is 3.13. The zero-order chi connectivity index (χ0) is 22.5. The van der Waals surface area contributed by atoms with Crippen LogP contribution in [0.15, 0.2) is 42.5 Å². The van der Waals surface area contributed by atoms with Gasteiger partial charge < -0.3 is 28.4 Å². The molecule has 1 aliphatic rings. The van der Waals surface area contributed by atoms with E-state index in [-0.39, 0.29) is 16.7 Å². The molecule has 2 aromatic carbocycles. The molecule has 0 amide bonds. The van der Waals surface area contributed by atoms with E-state index >= 15 is 4.39 Å². The third-order valence-electron chi connectivity index (χ3n) is 4.92. The van der Waals surface area contributed by atoms with Crippen molar-refractivity contribution in [1.82, 2.24) is 0 Å². The molecule has 0 aliphatic carbocycles. The summed E-state index contributed by atoms with van der Waals surface area (Å²) in [6.07, 6.45) is -5.61. The Labute approximate surface area is 178 Å². The molecule has 31 heavy (non-hydrogen) atoms. The summed E-state index contributed by atoms with van der Waals surface area (Å²) in [5.74, 6) is -0.454. The van der Waals surface area contributed by atoms with Crippen LogP contribution in [0.3, 0.4) is 0 Å². The van der Waals surface area contributed by atoms with Gasteiger partial charge in [-0.2, -0.15) is 0 Å². The number of rotatable bonds is 7. The molecule has 0 N–H and O–H groups in total. The van der Waals surface area contributed by atoms with E-state index < -0.39 is 36.6 Å². The predicted molar refractivity (Wildman–Crippen MR) is 106 cm³/mol. The Balaban J connectivity index is 1.96. The van der Waals surface area contributed by atoms with Crippen molar-refractivity contribution in [2.24, 2.45) is 0 Å². The van der Waals surface area contributed by atoms with Gasteiger partial charge in [-0.15, -0.1) is 0 Å². The second kappa shape index (κ2) is 9.76. The summed E-state index contributed by atoms with van der Waals surface area (Å²) in [6, 6.07) is 10.7. The lowest BCUT2D eigenvalue weighted by Crippen LogP contribution is -2.32. The average molecular weight is 434 g/mol. The van der Waals surface area contributed by atoms with E-state index in [4.69, 9.17) is 28.4 Å². The standard InChI is InChI=1S/C22H23FO8/c1-26-13-7-5-12(6-8-13)20(24)30-19-17(23)22(29-4)31-18(19)16-11-14(27-2)9-10-15(16)21(25)28-3/h5-11,17-19,22H,1-4H3/t17-,18+,19-,22?/m0/s1. The van der Waals surface area contributed by atoms with Gasteiger partial charge in [0.1, 0.15) is 17.6 Å². The van der Waals surface area contributed by atoms with E-state index in [1.807, 2.05) is 0 Å². The third-order valence-corrected chi connectivity index (χ3v) is 4.92. The summed E-state index contributed by atoms with van der Waals surface area (Å²) in [4.78, 5) is 24.9. The van der Waals surface area contributed by atoms with Gasteiger partial charge in [0.05, 0.1) is 32.5 Å². The summed E-state index contributed by atoms with van der Waals surface area (Å²) in [7, 11) is 5.45. The molecule has 1 fully saturated rings. The van der Waals surface area contributed by atoms with Crippen molar-refractivity contribution < 1.29 is 42.4 Å². The minimum Gasteiger partial charge on any atom is -0.497 e. The summed E-state index contributed by atoms with van der Waals surface area (Å²) < 4.78 is 46.4. The highest BCUT2D eigenvalue weighted by Gasteiger charge is 2.50. The fourth-order valence-electron chi connectivity index (χ4n) is 3.30. The Hall–Kier alpha value is -3.17. The van der Waals surface area contributed by atoms with E-state index in [0.717, 1.165) is 0 Å². The lowest BCUT2D eigenvalue weighted by molar-refractivity contribution is -0.136. The smallest absolute Gasteiger partial charge is 0.338 e. The SMILES string of the molecule is COC(=O)c1ccc(OC)cc1[C@H]1OC(OC)[C@@H](F)[C@@H]1OC(=O)c1ccc(OC)cc1. The molecule has 0 bridgehead atoms. The van der Waals surface area contributed by atoms with Crippen LogP contribution in [0.25, 0.3) is 0 Å². The fourth-order valence-corrected chi connectivity index (χ4v) is 3.30. The molecule has 1 aliphatic heterocycles. The number of ether oxygens (including phenoxy) is 6. The van der Waals surface area contributed by atoms with Crippen LogP contribution in [0.4, 0.5) is 4.39 Å². The van der Waals surface area contributed by atoms with Crippen molar-refractivity contribution in [2.75, 3.05) is 28.4 Å². The second-order valence-corrected chi connectivity index (χ2v) is 6.65. The maximum atomic E-state index is 15.1. The monoisotopic (exact) mass is 434 g/mol. The maximum absolute atomic E-state index is 15.1. The van der Waals surface area contributed by atoms with E-state index in [0.29, 0.717) is 11.5 Å². The first kappa shape index (κ1) is 22.5. The highest BCUT2D eigenvalue weighted by molar-refractivity contribution is 5.92. The van der Waals surface area contributed by atoms with Gasteiger partial charge in [0.2, 0.25) is 0 Å². The van der Waals surface area contributed by atoms with Gasteiger partial charge in [0.25, 0.3) is 0 Å². The summed E-state index contributed by atoms with van der Waals surface area (Å²) in [5, 5.41) is 0. The molecule has 0 saturated carbocycles. The Morgan fingerprint density at radius 3 is 2.13 bits per heavy atom. The van der Waals surface area contributed by atoms with Gasteiger partial charge in [-0.05, 0) is 42.5 Å². The first-order valence-electron chi connectivity index (χ1n) is 9.37. The highest BCUT2D eigenvalue weighted by Crippen LogP contribution is 2.40. The van der Waals surface area contributed by atoms with Crippen molar-refractivity contribution in [1.29, 1.82) is 0 Å². The molecule has 1 heterocycles. The third kappa shape index (κ3) is 4.62. The van der Waals surface area contributed by atoms with Crippen molar-refractivity contribution >= 4 is 11.9 Å². The molecule has 1 saturated heterocycles. The van der Waals surface area contributed by atoms with Gasteiger partial charge in [0.15, 0.2) is 18.6 Å². The van der Waals surface area contributed by atoms with Gasteiger partial charge in [-0.1, -0.05) is 0 Å². The molecule has 3 rings (SSSR count). The molecule has 0 aromatic heterocycles. The Kier molecular flexibility index (Phi) is 7.09. The van der Waals surface area contributed by atoms with Gasteiger partial charge >= 0.3 is 11.9 Å². The van der Waals surface area contributed by atoms with Crippen LogP contribution in [0, 0.1) is 0 Å². The van der Waals surface area contributed by atoms with Crippen LogP contribution in [0.5, 0.6) is 11.5 Å². The number of methoxy groups -OCH3 is 4. The van der Waals surface area contributed by atoms with E-state index in [9.17, 15) is 9.59 Å². The first-order valence-corrected chi connectivity index (χ1v) is 9.37. The number of benzene rings is 2. The van der Waals surface area contributed by atoms with Crippen molar-refractivity contribution in [3.05, 3.63) is 59.2 Å². The van der Waals surface area contributed by atoms with E-state index in [2.05, 4.69) is 0 Å². The summed E-state index contributed by atoms with van der Waals surface area (Å²) >= 11 is 0. The Bertz CT molecular complexity index is 930. The number of esters is 2. The van der Waals surface area contributed by atoms with Crippen LogP contribution in [0.2, 0.25) is 0 Å². The Morgan fingerprint density at radius 1 is 0.903 bits per heavy atom. The predicted octanol–water partition coefficient (Wildman–Crippen LogP) is 3.10. The number of carbonyl (C=O) groups is 2. The van der Waals surface area contributed by atoms with Gasteiger partial charge in [-0.3, -0.25) is 0 Å². The minimum atomic E-state index is -1.80. The number of halogens is 1. The number of hydrogen-bond donors (Lipinski definition) is 0. The zero-order valence-electron chi connectivity index (χ0n) is 17.5. The fraction of sp³-hybridized carbons (Fsp3) is 0.364. The Morgan fingerprint density at radius 2 is 1.55 bits per heavy atom.